The Labute approximate surface area is 130 Å². The van der Waals surface area contributed by atoms with E-state index in [0.29, 0.717) is 17.6 Å². The van der Waals surface area contributed by atoms with Crippen LogP contribution < -0.4 is 5.32 Å². The number of amides is 1. The first-order chi connectivity index (χ1) is 9.68. The fourth-order valence-electron chi connectivity index (χ4n) is 1.96. The van der Waals surface area contributed by atoms with Gasteiger partial charge in [0.2, 0.25) is 5.91 Å². The molecule has 1 N–H and O–H groups in total. The van der Waals surface area contributed by atoms with E-state index in [9.17, 15) is 18.0 Å². The average molecular weight is 367 g/mol. The van der Waals surface area contributed by atoms with Crippen LogP contribution in [0.15, 0.2) is 22.7 Å². The zero-order valence-corrected chi connectivity index (χ0v) is 13.7. The van der Waals surface area contributed by atoms with Gasteiger partial charge in [0.1, 0.15) is 6.04 Å². The van der Waals surface area contributed by atoms with Crippen molar-refractivity contribution in [2.24, 2.45) is 0 Å². The van der Waals surface area contributed by atoms with Gasteiger partial charge in [0, 0.05) is 23.2 Å². The summed E-state index contributed by atoms with van der Waals surface area (Å²) in [7, 11) is 0. The largest absolute Gasteiger partial charge is 0.416 e. The second kappa shape index (κ2) is 7.15. The summed E-state index contributed by atoms with van der Waals surface area (Å²) in [4.78, 5) is 13.7. The zero-order chi connectivity index (χ0) is 16.2. The van der Waals surface area contributed by atoms with Gasteiger partial charge in [0.15, 0.2) is 0 Å². The molecule has 1 unspecified atom stereocenters. The molecule has 0 saturated carbocycles. The topological polar surface area (TPSA) is 32.3 Å². The lowest BCUT2D eigenvalue weighted by Crippen LogP contribution is -2.41. The maximum Gasteiger partial charge on any atom is 0.416 e. The first kappa shape index (κ1) is 17.8. The number of carbonyl (C=O) groups is 1. The molecule has 1 rings (SSSR count). The van der Waals surface area contributed by atoms with Crippen molar-refractivity contribution in [3.63, 3.8) is 0 Å². The second-order valence-electron chi connectivity index (χ2n) is 4.60. The molecule has 0 aromatic heterocycles. The van der Waals surface area contributed by atoms with Crippen molar-refractivity contribution < 1.29 is 18.0 Å². The lowest BCUT2D eigenvalue weighted by atomic mass is 10.1. The zero-order valence-electron chi connectivity index (χ0n) is 12.1. The summed E-state index contributed by atoms with van der Waals surface area (Å²) in [5.41, 5.74) is -0.508. The molecule has 1 aromatic carbocycles. The third kappa shape index (κ3) is 4.91. The van der Waals surface area contributed by atoms with E-state index >= 15 is 0 Å². The van der Waals surface area contributed by atoms with Crippen LogP contribution in [0.1, 0.15) is 26.3 Å². The van der Waals surface area contributed by atoms with Crippen molar-refractivity contribution >= 4 is 27.5 Å². The SMILES string of the molecule is CCN(CC)C(=O)C(C)Nc1cc(Br)cc(C(F)(F)F)c1. The van der Waals surface area contributed by atoms with Crippen molar-refractivity contribution in [1.82, 2.24) is 4.90 Å². The fraction of sp³-hybridized carbons (Fsp3) is 0.500. The molecule has 0 spiro atoms. The summed E-state index contributed by atoms with van der Waals surface area (Å²) in [6.07, 6.45) is -4.42. The summed E-state index contributed by atoms with van der Waals surface area (Å²) in [6.45, 7) is 6.47. The highest BCUT2D eigenvalue weighted by atomic mass is 79.9. The van der Waals surface area contributed by atoms with Crippen molar-refractivity contribution in [1.29, 1.82) is 0 Å². The van der Waals surface area contributed by atoms with Crippen LogP contribution in [-0.4, -0.2) is 29.9 Å². The number of halogens is 4. The predicted octanol–water partition coefficient (Wildman–Crippen LogP) is 4.14. The average Bonchev–Trinajstić information content (AvgIpc) is 2.38. The van der Waals surface area contributed by atoms with Crippen LogP contribution in [0.25, 0.3) is 0 Å². The lowest BCUT2D eigenvalue weighted by Gasteiger charge is -2.24. The van der Waals surface area contributed by atoms with Crippen LogP contribution in [0.2, 0.25) is 0 Å². The standard InChI is InChI=1S/C14H18BrF3N2O/c1-4-20(5-2)13(21)9(3)19-12-7-10(14(16,17)18)6-11(15)8-12/h6-9,19H,4-5H2,1-3H3. The maximum atomic E-state index is 12.8. The Morgan fingerprint density at radius 1 is 1.29 bits per heavy atom. The Morgan fingerprint density at radius 2 is 1.86 bits per heavy atom. The van der Waals surface area contributed by atoms with Crippen LogP contribution in [0.4, 0.5) is 18.9 Å². The number of benzene rings is 1. The van der Waals surface area contributed by atoms with Crippen LogP contribution in [0.5, 0.6) is 0 Å². The van der Waals surface area contributed by atoms with E-state index in [0.717, 1.165) is 12.1 Å². The number of carbonyl (C=O) groups excluding carboxylic acids is 1. The van der Waals surface area contributed by atoms with Crippen molar-refractivity contribution in [2.45, 2.75) is 33.0 Å². The summed E-state index contributed by atoms with van der Waals surface area (Å²) >= 11 is 3.05. The number of rotatable bonds is 5. The molecule has 1 amide bonds. The molecule has 0 saturated heterocycles. The quantitative estimate of drug-likeness (QED) is 0.849. The fourth-order valence-corrected chi connectivity index (χ4v) is 2.45. The van der Waals surface area contributed by atoms with Gasteiger partial charge in [-0.15, -0.1) is 0 Å². The van der Waals surface area contributed by atoms with E-state index in [1.807, 2.05) is 13.8 Å². The molecule has 0 aliphatic rings. The van der Waals surface area contributed by atoms with Gasteiger partial charge in [0.05, 0.1) is 5.56 Å². The van der Waals surface area contributed by atoms with Gasteiger partial charge in [-0.3, -0.25) is 4.79 Å². The summed E-state index contributed by atoms with van der Waals surface area (Å²) in [5, 5.41) is 2.82. The molecule has 0 heterocycles. The minimum Gasteiger partial charge on any atom is -0.374 e. The number of hydrogen-bond acceptors (Lipinski definition) is 2. The molecule has 3 nitrogen and oxygen atoms in total. The summed E-state index contributed by atoms with van der Waals surface area (Å²) < 4.78 is 38.6. The monoisotopic (exact) mass is 366 g/mol. The van der Waals surface area contributed by atoms with Gasteiger partial charge in [-0.1, -0.05) is 15.9 Å². The number of anilines is 1. The number of nitrogens with one attached hydrogen (secondary N) is 1. The van der Waals surface area contributed by atoms with Gasteiger partial charge in [-0.2, -0.15) is 13.2 Å². The second-order valence-corrected chi connectivity index (χ2v) is 5.52. The first-order valence-corrected chi connectivity index (χ1v) is 7.41. The Bertz CT molecular complexity index is 501. The smallest absolute Gasteiger partial charge is 0.374 e. The van der Waals surface area contributed by atoms with E-state index in [-0.39, 0.29) is 11.6 Å². The Kier molecular flexibility index (Phi) is 6.07. The third-order valence-corrected chi connectivity index (χ3v) is 3.51. The molecule has 0 bridgehead atoms. The Morgan fingerprint density at radius 3 is 2.33 bits per heavy atom. The highest BCUT2D eigenvalue weighted by Gasteiger charge is 2.31. The number of alkyl halides is 3. The van der Waals surface area contributed by atoms with Gasteiger partial charge >= 0.3 is 6.18 Å². The van der Waals surface area contributed by atoms with E-state index < -0.39 is 17.8 Å². The number of nitrogens with zero attached hydrogens (tertiary/aromatic N) is 1. The van der Waals surface area contributed by atoms with E-state index in [4.69, 9.17) is 0 Å². The highest BCUT2D eigenvalue weighted by Crippen LogP contribution is 2.33. The molecule has 118 valence electrons. The van der Waals surface area contributed by atoms with Crippen LogP contribution in [-0.2, 0) is 11.0 Å². The highest BCUT2D eigenvalue weighted by molar-refractivity contribution is 9.10. The van der Waals surface area contributed by atoms with Crippen LogP contribution in [0.3, 0.4) is 0 Å². The third-order valence-electron chi connectivity index (χ3n) is 3.05. The number of hydrogen-bond donors (Lipinski definition) is 1. The molecule has 21 heavy (non-hydrogen) atoms. The van der Waals surface area contributed by atoms with Gasteiger partial charge in [-0.05, 0) is 39.0 Å². The van der Waals surface area contributed by atoms with E-state index in [2.05, 4.69) is 21.2 Å². The maximum absolute atomic E-state index is 12.8. The molecule has 0 aliphatic carbocycles. The van der Waals surface area contributed by atoms with Crippen LogP contribution >= 0.6 is 15.9 Å². The molecule has 1 atom stereocenters. The van der Waals surface area contributed by atoms with E-state index in [1.165, 1.54) is 6.07 Å². The Balaban J connectivity index is 2.93. The van der Waals surface area contributed by atoms with Gasteiger partial charge < -0.3 is 10.2 Å². The Hall–Kier alpha value is -1.24. The summed E-state index contributed by atoms with van der Waals surface area (Å²) in [5.74, 6) is -0.145. The van der Waals surface area contributed by atoms with Crippen molar-refractivity contribution in [3.8, 4) is 0 Å². The van der Waals surface area contributed by atoms with Gasteiger partial charge in [-0.25, -0.2) is 0 Å². The molecule has 0 fully saturated rings. The van der Waals surface area contributed by atoms with Crippen molar-refractivity contribution in [3.05, 3.63) is 28.2 Å². The molecular formula is C14H18BrF3N2O. The van der Waals surface area contributed by atoms with Gasteiger partial charge in [0.25, 0.3) is 0 Å². The van der Waals surface area contributed by atoms with Crippen LogP contribution in [0, 0.1) is 0 Å². The van der Waals surface area contributed by atoms with Crippen molar-refractivity contribution in [2.75, 3.05) is 18.4 Å². The lowest BCUT2D eigenvalue weighted by molar-refractivity contribution is -0.137. The first-order valence-electron chi connectivity index (χ1n) is 6.62. The molecule has 7 heteroatoms. The predicted molar refractivity (Wildman–Crippen MR) is 80.2 cm³/mol. The molecule has 0 radical (unpaired) electrons. The minimum absolute atomic E-state index is 0.145. The molecule has 0 aliphatic heterocycles. The normalized spacial score (nSPS) is 12.9. The molecule has 1 aromatic rings. The number of likely N-dealkylation sites (N-methyl/N-ethyl adjacent to an activating group) is 1. The minimum atomic E-state index is -4.42. The van der Waals surface area contributed by atoms with E-state index in [1.54, 1.807) is 11.8 Å². The molecular weight excluding hydrogens is 349 g/mol. The summed E-state index contributed by atoms with van der Waals surface area (Å²) in [6, 6.07) is 2.92.